The number of carboxylic acid groups (broad SMARTS) is 4. The lowest BCUT2D eigenvalue weighted by Gasteiger charge is -2.25. The summed E-state index contributed by atoms with van der Waals surface area (Å²) in [6.45, 7) is -0.0179. The fourth-order valence-electron chi connectivity index (χ4n) is 5.94. The molecule has 0 bridgehead atoms. The van der Waals surface area contributed by atoms with E-state index in [0.717, 1.165) is 7.05 Å². The highest BCUT2D eigenvalue weighted by Gasteiger charge is 2.34. The van der Waals surface area contributed by atoms with Crippen LogP contribution in [0.5, 0.6) is 0 Å². The van der Waals surface area contributed by atoms with Crippen LogP contribution in [0, 0.1) is 0 Å². The van der Waals surface area contributed by atoms with Gasteiger partial charge in [0.15, 0.2) is 17.1 Å². The average Bonchev–Trinajstić information content (AvgIpc) is 3.26. The van der Waals surface area contributed by atoms with Crippen molar-refractivity contribution in [2.24, 2.45) is 16.5 Å². The largest absolute Gasteiger partial charge is 0.481 e. The minimum Gasteiger partial charge on any atom is -0.481 e. The van der Waals surface area contributed by atoms with E-state index in [1.807, 2.05) is 5.32 Å². The predicted molar refractivity (Wildman–Crippen MR) is 233 cm³/mol. The van der Waals surface area contributed by atoms with Gasteiger partial charge in [-0.1, -0.05) is 0 Å². The minimum absolute atomic E-state index is 0.0169. The summed E-state index contributed by atoms with van der Waals surface area (Å²) >= 11 is 0. The summed E-state index contributed by atoms with van der Waals surface area (Å²) in [5.74, 6) is -13.4. The van der Waals surface area contributed by atoms with E-state index in [9.17, 15) is 68.1 Å². The molecule has 0 aliphatic rings. The Kier molecular flexibility index (Phi) is 20.0. The molecule has 2 heterocycles. The topological polar surface area (TPSA) is 498 Å². The molecule has 1 unspecified atom stereocenters. The number of aromatic nitrogens is 4. The Labute approximate surface area is 382 Å². The number of carbonyl (C=O) groups is 10. The van der Waals surface area contributed by atoms with Gasteiger partial charge in [-0.15, -0.1) is 0 Å². The zero-order chi connectivity index (χ0) is 50.7. The molecule has 0 spiro atoms. The van der Waals surface area contributed by atoms with Crippen LogP contribution in [0.25, 0.3) is 11.2 Å². The van der Waals surface area contributed by atoms with Crippen molar-refractivity contribution in [1.82, 2.24) is 51.8 Å². The molecule has 0 fully saturated rings. The fraction of sp³-hybridized carbons (Fsp3) is 0.395. The van der Waals surface area contributed by atoms with Gasteiger partial charge in [-0.2, -0.15) is 4.98 Å². The van der Waals surface area contributed by atoms with Crippen molar-refractivity contribution in [2.45, 2.75) is 81.7 Å². The van der Waals surface area contributed by atoms with Crippen molar-refractivity contribution in [3.8, 4) is 0 Å². The maximum absolute atomic E-state index is 13.5. The maximum Gasteiger partial charge on any atom is 0.326 e. The Morgan fingerprint density at radius 1 is 0.706 bits per heavy atom. The van der Waals surface area contributed by atoms with Crippen LogP contribution >= 0.6 is 0 Å². The Bertz CT molecular complexity index is 2480. The number of nitrogens with zero attached hydrogens (tertiary/aromatic N) is 4. The van der Waals surface area contributed by atoms with Gasteiger partial charge in [0.25, 0.3) is 11.5 Å². The quantitative estimate of drug-likeness (QED) is 0.0193. The molecular formula is C38H49N15O15. The van der Waals surface area contributed by atoms with Crippen LogP contribution in [-0.4, -0.2) is 149 Å². The van der Waals surface area contributed by atoms with Gasteiger partial charge >= 0.3 is 23.9 Å². The van der Waals surface area contributed by atoms with Crippen LogP contribution in [0.15, 0.2) is 40.2 Å². The summed E-state index contributed by atoms with van der Waals surface area (Å²) < 4.78 is 0. The van der Waals surface area contributed by atoms with E-state index in [1.165, 1.54) is 30.5 Å². The number of hydrogen-bond acceptors (Lipinski definition) is 17. The number of fused-ring (bicyclic) bond motifs is 1. The highest BCUT2D eigenvalue weighted by atomic mass is 16.4. The molecule has 0 aliphatic heterocycles. The Morgan fingerprint density at radius 2 is 1.25 bits per heavy atom. The summed E-state index contributed by atoms with van der Waals surface area (Å²) in [5, 5.41) is 53.9. The molecule has 2 aromatic heterocycles. The SMILES string of the molecule is CNC(=O)C(CC(=O)O)NC(=O)[C@H](CC(=O)O)NC(=O)[C@H](CCCN=C(N)N)NC(=O)[C@H](CC(=O)O)NC(=O)CC[C@H](NC(=O)c1ccc(NCc2cnc3nc(N)[nH]c(=O)c3n2)cc1)C(=O)O. The van der Waals surface area contributed by atoms with Crippen LogP contribution in [0.4, 0.5) is 11.6 Å². The van der Waals surface area contributed by atoms with E-state index in [0.29, 0.717) is 11.4 Å². The third kappa shape index (κ3) is 17.5. The van der Waals surface area contributed by atoms with Crippen molar-refractivity contribution in [2.75, 3.05) is 24.6 Å². The highest BCUT2D eigenvalue weighted by Crippen LogP contribution is 2.13. The number of aromatic amines is 1. The second kappa shape index (κ2) is 25.5. The lowest BCUT2D eigenvalue weighted by Crippen LogP contribution is -2.58. The molecule has 6 amide bonds. The van der Waals surface area contributed by atoms with Gasteiger partial charge in [0.1, 0.15) is 30.2 Å². The van der Waals surface area contributed by atoms with E-state index in [4.69, 9.17) is 22.3 Å². The first-order valence-corrected chi connectivity index (χ1v) is 20.1. The molecular weight excluding hydrogens is 907 g/mol. The molecule has 3 aromatic rings. The van der Waals surface area contributed by atoms with Crippen molar-refractivity contribution >= 4 is 88.1 Å². The number of aliphatic imine (C=N–C) groups is 1. The number of anilines is 2. The summed E-state index contributed by atoms with van der Waals surface area (Å²) in [6.07, 6.45) is -3.32. The summed E-state index contributed by atoms with van der Waals surface area (Å²) in [6, 6.07) is -3.20. The molecule has 3 rings (SSSR count). The molecule has 1 aromatic carbocycles. The number of nitrogens with two attached hydrogens (primary N) is 3. The molecule has 30 heteroatoms. The molecule has 0 saturated carbocycles. The number of hydrogen-bond donors (Lipinski definition) is 15. The van der Waals surface area contributed by atoms with Gasteiger partial charge in [-0.05, 0) is 43.5 Å². The van der Waals surface area contributed by atoms with Crippen LogP contribution in [-0.2, 0) is 49.7 Å². The van der Waals surface area contributed by atoms with Crippen molar-refractivity contribution in [1.29, 1.82) is 0 Å². The lowest BCUT2D eigenvalue weighted by atomic mass is 10.1. The zero-order valence-corrected chi connectivity index (χ0v) is 35.9. The Hall–Kier alpha value is -8.99. The van der Waals surface area contributed by atoms with Crippen molar-refractivity contribution < 1.29 is 68.4 Å². The first-order chi connectivity index (χ1) is 32.1. The fourth-order valence-corrected chi connectivity index (χ4v) is 5.94. The average molecular weight is 956 g/mol. The summed E-state index contributed by atoms with van der Waals surface area (Å²) in [4.78, 5) is 156. The second-order valence-corrected chi connectivity index (χ2v) is 14.5. The first kappa shape index (κ1) is 53.3. The number of guanidine groups is 1. The number of nitrogen functional groups attached to an aromatic ring is 1. The lowest BCUT2D eigenvalue weighted by molar-refractivity contribution is -0.143. The smallest absolute Gasteiger partial charge is 0.326 e. The summed E-state index contributed by atoms with van der Waals surface area (Å²) in [7, 11) is 1.14. The van der Waals surface area contributed by atoms with Gasteiger partial charge < -0.3 is 74.8 Å². The number of carboxylic acids is 4. The predicted octanol–water partition coefficient (Wildman–Crippen LogP) is -4.97. The number of benzene rings is 1. The molecule has 30 nitrogen and oxygen atoms in total. The van der Waals surface area contributed by atoms with E-state index in [-0.39, 0.29) is 54.6 Å². The standard InChI is InChI=1S/C38H49N15O15/c1-42-31(62)21(11-25(55)56)50-34(65)23(13-27(59)60)51-32(63)19(3-2-10-43-37(39)40)48-33(64)22(12-26(57)58)47-24(54)9-8-20(36(67)68)49-30(61)16-4-6-17(7-5-16)44-14-18-15-45-29-28(46-18)35(66)53-38(41)52-29/h4-7,15,19-23,44H,2-3,8-14H2,1H3,(H,42,62)(H,47,54)(H,48,64)(H,49,61)(H,50,65)(H,51,63)(H,55,56)(H,57,58)(H,59,60)(H,67,68)(H4,39,40,43)(H3,41,45,52,53,66)/t19-,20-,21?,22-,23-/m0/s1. The Morgan fingerprint density at radius 3 is 1.79 bits per heavy atom. The molecule has 68 heavy (non-hydrogen) atoms. The number of likely N-dealkylation sites (N-methyl/N-ethyl adjacent to an activating group) is 1. The van der Waals surface area contributed by atoms with E-state index >= 15 is 0 Å². The number of nitrogens with one attached hydrogen (secondary N) is 8. The maximum atomic E-state index is 13.5. The minimum atomic E-state index is -1.95. The zero-order valence-electron chi connectivity index (χ0n) is 35.9. The van der Waals surface area contributed by atoms with Crippen LogP contribution in [0.2, 0.25) is 0 Å². The molecule has 366 valence electrons. The van der Waals surface area contributed by atoms with Crippen LogP contribution in [0.1, 0.15) is 61.0 Å². The van der Waals surface area contributed by atoms with Gasteiger partial charge in [-0.3, -0.25) is 57.9 Å². The number of amides is 6. The molecule has 5 atom stereocenters. The third-order valence-corrected chi connectivity index (χ3v) is 9.25. The number of carbonyl (C=O) groups excluding carboxylic acids is 6. The third-order valence-electron chi connectivity index (χ3n) is 9.25. The van der Waals surface area contributed by atoms with Crippen molar-refractivity contribution in [3.63, 3.8) is 0 Å². The highest BCUT2D eigenvalue weighted by molar-refractivity contribution is 5.99. The Balaban J connectivity index is 1.68. The molecule has 0 aliphatic carbocycles. The second-order valence-electron chi connectivity index (χ2n) is 14.5. The van der Waals surface area contributed by atoms with Gasteiger partial charge in [-0.25, -0.2) is 14.8 Å². The summed E-state index contributed by atoms with van der Waals surface area (Å²) in [5.41, 5.74) is 16.5. The van der Waals surface area contributed by atoms with Gasteiger partial charge in [0.2, 0.25) is 35.5 Å². The van der Waals surface area contributed by atoms with Gasteiger partial charge in [0, 0.05) is 31.3 Å². The first-order valence-electron chi connectivity index (χ1n) is 20.1. The van der Waals surface area contributed by atoms with Gasteiger partial charge in [0.05, 0.1) is 37.7 Å². The molecule has 0 radical (unpaired) electrons. The number of rotatable bonds is 27. The molecule has 0 saturated heterocycles. The number of H-pyrrole nitrogens is 1. The monoisotopic (exact) mass is 955 g/mol. The van der Waals surface area contributed by atoms with E-state index in [1.54, 1.807) is 0 Å². The van der Waals surface area contributed by atoms with Crippen molar-refractivity contribution in [3.05, 3.63) is 52.1 Å². The van der Waals surface area contributed by atoms with E-state index in [2.05, 4.69) is 56.8 Å². The van der Waals surface area contributed by atoms with Crippen LogP contribution in [0.3, 0.4) is 0 Å². The molecule has 18 N–H and O–H groups in total. The number of aliphatic carboxylic acids is 4. The normalized spacial score (nSPS) is 12.9. The van der Waals surface area contributed by atoms with Crippen LogP contribution < -0.4 is 60.0 Å². The van der Waals surface area contributed by atoms with E-state index < -0.39 is 127 Å².